The molecule has 0 spiro atoms. The highest BCUT2D eigenvalue weighted by Crippen LogP contribution is 2.34. The third kappa shape index (κ3) is 5.62. The molecule has 1 atom stereocenters. The Morgan fingerprint density at radius 3 is 2.32 bits per heavy atom. The maximum Gasteiger partial charge on any atom is 0.211 e. The van der Waals surface area contributed by atoms with Crippen molar-refractivity contribution in [3.05, 3.63) is 100 Å². The van der Waals surface area contributed by atoms with Gasteiger partial charge in [-0.05, 0) is 67.0 Å². The monoisotopic (exact) mass is 476 g/mol. The fourth-order valence-corrected chi connectivity index (χ4v) is 5.80. The second-order valence-corrected chi connectivity index (χ2v) is 11.3. The number of piperidine rings is 1. The van der Waals surface area contributed by atoms with Crippen LogP contribution < -0.4 is 0 Å². The summed E-state index contributed by atoms with van der Waals surface area (Å²) in [6, 6.07) is 20.5. The summed E-state index contributed by atoms with van der Waals surface area (Å²) < 4.78 is 25.2. The molecule has 0 saturated carbocycles. The summed E-state index contributed by atoms with van der Waals surface area (Å²) in [7, 11) is -3.12. The quantitative estimate of drug-likeness (QED) is 0.437. The van der Waals surface area contributed by atoms with Crippen LogP contribution in [0.25, 0.3) is 0 Å². The zero-order valence-electron chi connectivity index (χ0n) is 20.1. The Hall–Kier alpha value is -2.83. The van der Waals surface area contributed by atoms with Gasteiger partial charge in [0.25, 0.3) is 0 Å². The average molecular weight is 477 g/mol. The van der Waals surface area contributed by atoms with Crippen molar-refractivity contribution in [1.82, 2.24) is 9.29 Å². The van der Waals surface area contributed by atoms with Crippen molar-refractivity contribution >= 4 is 15.8 Å². The molecule has 1 aliphatic rings. The zero-order valence-corrected chi connectivity index (χ0v) is 20.9. The van der Waals surface area contributed by atoms with Gasteiger partial charge in [-0.15, -0.1) is 0 Å². The summed E-state index contributed by atoms with van der Waals surface area (Å²) in [6.07, 6.45) is 5.01. The predicted octanol–water partition coefficient (Wildman–Crippen LogP) is 5.24. The van der Waals surface area contributed by atoms with Crippen LogP contribution >= 0.6 is 0 Å². The molecule has 3 aromatic rings. The number of rotatable bonds is 7. The highest BCUT2D eigenvalue weighted by atomic mass is 32.2. The van der Waals surface area contributed by atoms with Gasteiger partial charge in [0, 0.05) is 42.9 Å². The van der Waals surface area contributed by atoms with E-state index in [4.69, 9.17) is 0 Å². The first-order valence-electron chi connectivity index (χ1n) is 11.8. The normalized spacial score (nSPS) is 16.3. The van der Waals surface area contributed by atoms with Crippen LogP contribution in [0.2, 0.25) is 0 Å². The lowest BCUT2D eigenvalue weighted by atomic mass is 9.82. The van der Waals surface area contributed by atoms with E-state index in [1.54, 1.807) is 16.6 Å². The Kier molecular flexibility index (Phi) is 7.29. The number of benzene rings is 2. The number of sulfonamides is 1. The highest BCUT2D eigenvalue weighted by molar-refractivity contribution is 7.88. The molecule has 0 bridgehead atoms. The molecule has 0 N–H and O–H groups in total. The average Bonchev–Trinajstić information content (AvgIpc) is 2.83. The Balaban J connectivity index is 1.57. The molecule has 1 aromatic heterocycles. The number of hydrogen-bond acceptors (Lipinski definition) is 4. The molecular weight excluding hydrogens is 444 g/mol. The standard InChI is InChI=1S/C28H32N2O3S/c1-20-6-4-5-7-26(20)27(19-28(31)25-12-15-29-21(2)18-25)24-10-8-22(9-11-24)23-13-16-30(17-14-23)34(3,32)33/h4-12,15,18,23,27H,13-14,16-17,19H2,1-3H3/t27-/m1/s1. The second-order valence-electron chi connectivity index (χ2n) is 9.33. The third-order valence-electron chi connectivity index (χ3n) is 6.91. The van der Waals surface area contributed by atoms with Gasteiger partial charge in [0.2, 0.25) is 10.0 Å². The molecule has 2 heterocycles. The summed E-state index contributed by atoms with van der Waals surface area (Å²) in [5, 5.41) is 0. The van der Waals surface area contributed by atoms with E-state index in [-0.39, 0.29) is 11.7 Å². The molecular formula is C28H32N2O3S. The van der Waals surface area contributed by atoms with Crippen LogP contribution in [0.5, 0.6) is 0 Å². The molecule has 0 amide bonds. The zero-order chi connectivity index (χ0) is 24.3. The van der Waals surface area contributed by atoms with Crippen molar-refractivity contribution in [3.63, 3.8) is 0 Å². The molecule has 1 aliphatic heterocycles. The van der Waals surface area contributed by atoms with E-state index in [1.165, 1.54) is 17.4 Å². The summed E-state index contributed by atoms with van der Waals surface area (Å²) in [5.41, 5.74) is 6.21. The van der Waals surface area contributed by atoms with Crippen LogP contribution in [0.4, 0.5) is 0 Å². The van der Waals surface area contributed by atoms with E-state index >= 15 is 0 Å². The Morgan fingerprint density at radius 2 is 1.71 bits per heavy atom. The second kappa shape index (κ2) is 10.2. The number of aromatic nitrogens is 1. The Labute approximate surface area is 202 Å². The van der Waals surface area contributed by atoms with Crippen LogP contribution in [0.3, 0.4) is 0 Å². The summed E-state index contributed by atoms with van der Waals surface area (Å²) in [4.78, 5) is 17.4. The molecule has 34 heavy (non-hydrogen) atoms. The molecule has 178 valence electrons. The van der Waals surface area contributed by atoms with E-state index < -0.39 is 10.0 Å². The maximum absolute atomic E-state index is 13.2. The van der Waals surface area contributed by atoms with Crippen molar-refractivity contribution in [1.29, 1.82) is 0 Å². The smallest absolute Gasteiger partial charge is 0.211 e. The molecule has 1 saturated heterocycles. The van der Waals surface area contributed by atoms with Gasteiger partial charge >= 0.3 is 0 Å². The number of Topliss-reactive ketones (excluding diaryl/α,β-unsaturated/α-hetero) is 1. The lowest BCUT2D eigenvalue weighted by Gasteiger charge is -2.30. The lowest BCUT2D eigenvalue weighted by molar-refractivity contribution is 0.0977. The van der Waals surface area contributed by atoms with Gasteiger partial charge in [-0.1, -0.05) is 48.5 Å². The van der Waals surface area contributed by atoms with Crippen molar-refractivity contribution in [3.8, 4) is 0 Å². The van der Waals surface area contributed by atoms with Crippen LogP contribution in [0.15, 0.2) is 66.9 Å². The van der Waals surface area contributed by atoms with Crippen LogP contribution in [0.1, 0.15) is 69.4 Å². The number of ketones is 1. The number of aryl methyl sites for hydroxylation is 2. The SMILES string of the molecule is Cc1cc(C(=O)C[C@H](c2ccc(C3CCN(S(C)(=O)=O)CC3)cc2)c2ccccc2C)ccn1. The van der Waals surface area contributed by atoms with Gasteiger partial charge in [-0.2, -0.15) is 0 Å². The van der Waals surface area contributed by atoms with Gasteiger partial charge in [0.05, 0.1) is 6.26 Å². The Bertz CT molecular complexity index is 1260. The fourth-order valence-electron chi connectivity index (χ4n) is 4.93. The topological polar surface area (TPSA) is 67.3 Å². The fraction of sp³-hybridized carbons (Fsp3) is 0.357. The van der Waals surface area contributed by atoms with E-state index in [1.807, 2.05) is 25.1 Å². The number of nitrogens with zero attached hydrogens (tertiary/aromatic N) is 2. The van der Waals surface area contributed by atoms with E-state index in [2.05, 4.69) is 48.3 Å². The van der Waals surface area contributed by atoms with Crippen molar-refractivity contribution in [2.24, 2.45) is 0 Å². The molecule has 2 aromatic carbocycles. The van der Waals surface area contributed by atoms with Crippen LogP contribution in [-0.4, -0.2) is 42.8 Å². The van der Waals surface area contributed by atoms with Gasteiger partial charge in [-0.3, -0.25) is 9.78 Å². The molecule has 6 heteroatoms. The van der Waals surface area contributed by atoms with E-state index in [0.29, 0.717) is 31.0 Å². The minimum Gasteiger partial charge on any atom is -0.294 e. The maximum atomic E-state index is 13.2. The predicted molar refractivity (Wildman–Crippen MR) is 136 cm³/mol. The number of carbonyl (C=O) groups excluding carboxylic acids is 1. The van der Waals surface area contributed by atoms with Crippen molar-refractivity contribution < 1.29 is 13.2 Å². The summed E-state index contributed by atoms with van der Waals surface area (Å²) in [6.45, 7) is 5.12. The minimum absolute atomic E-state index is 0.0386. The Morgan fingerprint density at radius 1 is 1.03 bits per heavy atom. The minimum atomic E-state index is -3.12. The molecule has 1 fully saturated rings. The number of pyridine rings is 1. The summed E-state index contributed by atoms with van der Waals surface area (Å²) in [5.74, 6) is 0.421. The third-order valence-corrected chi connectivity index (χ3v) is 8.21. The molecule has 4 rings (SSSR count). The summed E-state index contributed by atoms with van der Waals surface area (Å²) >= 11 is 0. The van der Waals surface area contributed by atoms with Gasteiger partial charge in [0.1, 0.15) is 0 Å². The lowest BCUT2D eigenvalue weighted by Crippen LogP contribution is -2.37. The molecule has 0 radical (unpaired) electrons. The van der Waals surface area contributed by atoms with E-state index in [9.17, 15) is 13.2 Å². The molecule has 0 aliphatic carbocycles. The van der Waals surface area contributed by atoms with Crippen molar-refractivity contribution in [2.75, 3.05) is 19.3 Å². The molecule has 5 nitrogen and oxygen atoms in total. The molecule has 0 unspecified atom stereocenters. The number of carbonyl (C=O) groups is 1. The van der Waals surface area contributed by atoms with Crippen molar-refractivity contribution in [2.45, 2.75) is 44.9 Å². The van der Waals surface area contributed by atoms with Gasteiger partial charge in [-0.25, -0.2) is 12.7 Å². The van der Waals surface area contributed by atoms with Crippen LogP contribution in [-0.2, 0) is 10.0 Å². The largest absolute Gasteiger partial charge is 0.294 e. The van der Waals surface area contributed by atoms with Crippen LogP contribution in [0, 0.1) is 13.8 Å². The first kappa shape index (κ1) is 24.3. The van der Waals surface area contributed by atoms with E-state index in [0.717, 1.165) is 29.7 Å². The van der Waals surface area contributed by atoms with Gasteiger partial charge < -0.3 is 0 Å². The first-order chi connectivity index (χ1) is 16.2. The first-order valence-corrected chi connectivity index (χ1v) is 13.6. The highest BCUT2D eigenvalue weighted by Gasteiger charge is 2.26. The van der Waals surface area contributed by atoms with Gasteiger partial charge in [0.15, 0.2) is 5.78 Å². The number of hydrogen-bond donors (Lipinski definition) is 0.